The third-order valence-corrected chi connectivity index (χ3v) is 8.20. The molecule has 2 fully saturated rings. The van der Waals surface area contributed by atoms with Crippen LogP contribution in [0, 0.1) is 11.8 Å². The first-order valence-corrected chi connectivity index (χ1v) is 12.3. The number of morpholine rings is 1. The van der Waals surface area contributed by atoms with Crippen LogP contribution in [0.4, 0.5) is 0 Å². The predicted octanol–water partition coefficient (Wildman–Crippen LogP) is -0.204. The first kappa shape index (κ1) is 25.4. The largest absolute Gasteiger partial charge is 0.508 e. The van der Waals surface area contributed by atoms with Gasteiger partial charge in [-0.3, -0.25) is 24.2 Å². The number of aromatic hydroxyl groups is 1. The van der Waals surface area contributed by atoms with Crippen LogP contribution >= 0.6 is 0 Å². The first-order chi connectivity index (χ1) is 17.5. The van der Waals surface area contributed by atoms with E-state index in [0.717, 1.165) is 18.7 Å². The molecule has 1 saturated carbocycles. The molecule has 1 aromatic carbocycles. The van der Waals surface area contributed by atoms with E-state index in [0.29, 0.717) is 25.3 Å². The lowest BCUT2D eigenvalue weighted by Crippen LogP contribution is -2.65. The second-order valence-electron chi connectivity index (χ2n) is 10.4. The number of ketones is 2. The van der Waals surface area contributed by atoms with Gasteiger partial charge >= 0.3 is 0 Å². The van der Waals surface area contributed by atoms with Gasteiger partial charge in [0, 0.05) is 31.1 Å². The molecule has 1 aromatic rings. The summed E-state index contributed by atoms with van der Waals surface area (Å²) in [6, 6.07) is 2.15. The van der Waals surface area contributed by atoms with E-state index in [1.165, 1.54) is 11.0 Å². The fourth-order valence-corrected chi connectivity index (χ4v) is 6.46. The van der Waals surface area contributed by atoms with Crippen LogP contribution in [0.1, 0.15) is 23.1 Å². The van der Waals surface area contributed by atoms with Crippen LogP contribution in [0.15, 0.2) is 29.0 Å². The van der Waals surface area contributed by atoms with Crippen molar-refractivity contribution in [1.82, 2.24) is 9.80 Å². The summed E-state index contributed by atoms with van der Waals surface area (Å²) >= 11 is 0. The Morgan fingerprint density at radius 2 is 1.86 bits per heavy atom. The summed E-state index contributed by atoms with van der Waals surface area (Å²) in [7, 11) is 3.15. The zero-order valence-electron chi connectivity index (χ0n) is 20.7. The number of fused-ring (bicyclic) bond motifs is 3. The molecule has 1 aliphatic heterocycles. The Balaban J connectivity index is 1.65. The minimum absolute atomic E-state index is 0.0679. The van der Waals surface area contributed by atoms with Gasteiger partial charge in [0.25, 0.3) is 5.91 Å². The van der Waals surface area contributed by atoms with Gasteiger partial charge in [-0.15, -0.1) is 0 Å². The maximum Gasteiger partial charge on any atom is 0.255 e. The fourth-order valence-electron chi connectivity index (χ4n) is 6.46. The molecule has 3 aliphatic carbocycles. The highest BCUT2D eigenvalue weighted by molar-refractivity contribution is 6.24. The SMILES string of the molecule is CN(C)C1C(=O)C(C(N)=O)=C(O)[C@@]2(O)C(=O)C3=C(O)c4c(O)ccc(CN5CCOCC5)c4C[C@H]3C[C@@H]12. The molecule has 1 amide bonds. The summed E-state index contributed by atoms with van der Waals surface area (Å²) in [6.45, 7) is 3.25. The van der Waals surface area contributed by atoms with Gasteiger partial charge in [0.05, 0.1) is 24.8 Å². The number of phenolic OH excluding ortho intramolecular Hbond substituents is 1. The van der Waals surface area contributed by atoms with Crippen molar-refractivity contribution in [3.05, 3.63) is 45.7 Å². The molecular weight excluding hydrogens is 482 g/mol. The number of hydrogen-bond donors (Lipinski definition) is 5. The smallest absolute Gasteiger partial charge is 0.255 e. The summed E-state index contributed by atoms with van der Waals surface area (Å²) < 4.78 is 5.42. The fraction of sp³-hybridized carbons (Fsp3) is 0.500. The predicted molar refractivity (Wildman–Crippen MR) is 130 cm³/mol. The second-order valence-corrected chi connectivity index (χ2v) is 10.4. The van der Waals surface area contributed by atoms with E-state index in [9.17, 15) is 34.8 Å². The quantitative estimate of drug-likeness (QED) is 0.339. The molecule has 0 aromatic heterocycles. The van der Waals surface area contributed by atoms with E-state index in [1.807, 2.05) is 0 Å². The molecule has 0 radical (unpaired) electrons. The average molecular weight is 514 g/mol. The maximum absolute atomic E-state index is 13.9. The Morgan fingerprint density at radius 3 is 2.49 bits per heavy atom. The van der Waals surface area contributed by atoms with E-state index >= 15 is 0 Å². The van der Waals surface area contributed by atoms with Gasteiger partial charge in [-0.05, 0) is 50.0 Å². The van der Waals surface area contributed by atoms with E-state index in [-0.39, 0.29) is 29.7 Å². The normalized spacial score (nSPS) is 30.3. The first-order valence-electron chi connectivity index (χ1n) is 12.3. The number of primary amides is 1. The van der Waals surface area contributed by atoms with Gasteiger partial charge in [0.2, 0.25) is 5.78 Å². The van der Waals surface area contributed by atoms with Gasteiger partial charge in [-0.2, -0.15) is 0 Å². The van der Waals surface area contributed by atoms with E-state index in [2.05, 4.69) is 4.90 Å². The van der Waals surface area contributed by atoms with Crippen LogP contribution in [0.2, 0.25) is 0 Å². The van der Waals surface area contributed by atoms with Gasteiger partial charge in [0.1, 0.15) is 22.8 Å². The van der Waals surface area contributed by atoms with Gasteiger partial charge < -0.3 is 30.9 Å². The number of aliphatic hydroxyl groups is 3. The van der Waals surface area contributed by atoms with Gasteiger partial charge in [-0.25, -0.2) is 0 Å². The van der Waals surface area contributed by atoms with Crippen LogP contribution in [-0.2, 0) is 32.1 Å². The zero-order chi connectivity index (χ0) is 26.8. The van der Waals surface area contributed by atoms with E-state index in [4.69, 9.17) is 10.5 Å². The van der Waals surface area contributed by atoms with Crippen molar-refractivity contribution in [2.75, 3.05) is 40.4 Å². The minimum Gasteiger partial charge on any atom is -0.508 e. The molecular formula is C26H31N3O8. The third-order valence-electron chi connectivity index (χ3n) is 8.20. The Kier molecular flexibility index (Phi) is 6.14. The van der Waals surface area contributed by atoms with Crippen LogP contribution in [-0.4, -0.2) is 99.7 Å². The van der Waals surface area contributed by atoms with Crippen LogP contribution in [0.5, 0.6) is 5.75 Å². The lowest BCUT2D eigenvalue weighted by atomic mass is 9.57. The Hall–Kier alpha value is -3.25. The number of rotatable bonds is 4. The molecule has 0 spiro atoms. The Bertz CT molecular complexity index is 1260. The molecule has 4 atom stereocenters. The highest BCUT2D eigenvalue weighted by atomic mass is 16.5. The number of benzene rings is 1. The van der Waals surface area contributed by atoms with Crippen molar-refractivity contribution in [2.24, 2.45) is 17.6 Å². The Morgan fingerprint density at radius 1 is 1.19 bits per heavy atom. The lowest BCUT2D eigenvalue weighted by molar-refractivity contribution is -0.153. The highest BCUT2D eigenvalue weighted by Crippen LogP contribution is 2.53. The molecule has 1 heterocycles. The standard InChI is InChI=1S/C26H31N3O8/c1-28(2)20-15-10-13-9-14-12(11-29-5-7-37-8-6-29)3-4-16(30)18(14)21(31)17(13)23(33)26(15,36)24(34)19(22(20)32)25(27)35/h3-4,13,15,20,30-31,34,36H,5-11H2,1-2H3,(H2,27,35)/t13-,15-,20?,26-/m0/s1. The molecule has 5 rings (SSSR count). The number of Topliss-reactive ketones (excluding diaryl/α,β-unsaturated/α-hetero) is 2. The number of nitrogens with two attached hydrogens (primary N) is 1. The summed E-state index contributed by atoms with van der Waals surface area (Å²) in [5, 5.41) is 44.5. The van der Waals surface area contributed by atoms with Crippen LogP contribution in [0.3, 0.4) is 0 Å². The third kappa shape index (κ3) is 3.68. The number of carbonyl (C=O) groups excluding carboxylic acids is 3. The number of likely N-dealkylation sites (N-methyl/N-ethyl adjacent to an activating group) is 1. The monoisotopic (exact) mass is 513 g/mol. The highest BCUT2D eigenvalue weighted by Gasteiger charge is 2.64. The average Bonchev–Trinajstić information content (AvgIpc) is 2.83. The number of nitrogens with zero attached hydrogens (tertiary/aromatic N) is 2. The lowest BCUT2D eigenvalue weighted by Gasteiger charge is -2.50. The Labute approximate surface area is 213 Å². The molecule has 1 saturated heterocycles. The van der Waals surface area contributed by atoms with Gasteiger partial charge in [0.15, 0.2) is 11.4 Å². The second kappa shape index (κ2) is 8.95. The number of amides is 1. The van der Waals surface area contributed by atoms with Gasteiger partial charge in [-0.1, -0.05) is 6.07 Å². The number of ether oxygens (including phenoxy) is 1. The summed E-state index contributed by atoms with van der Waals surface area (Å²) in [4.78, 5) is 42.8. The van der Waals surface area contributed by atoms with Crippen molar-refractivity contribution in [1.29, 1.82) is 0 Å². The van der Waals surface area contributed by atoms with E-state index in [1.54, 1.807) is 20.2 Å². The molecule has 37 heavy (non-hydrogen) atoms. The van der Waals surface area contributed by atoms with Crippen molar-refractivity contribution < 1.29 is 39.5 Å². The molecule has 4 aliphatic rings. The summed E-state index contributed by atoms with van der Waals surface area (Å²) in [5.41, 5.74) is 3.44. The van der Waals surface area contributed by atoms with Crippen LogP contribution in [0.25, 0.3) is 5.76 Å². The number of aliphatic hydroxyl groups excluding tert-OH is 2. The molecule has 0 bridgehead atoms. The molecule has 1 unspecified atom stereocenters. The number of carbonyl (C=O) groups is 3. The van der Waals surface area contributed by atoms with Crippen molar-refractivity contribution in [3.8, 4) is 5.75 Å². The number of hydrogen-bond acceptors (Lipinski definition) is 10. The minimum atomic E-state index is -2.63. The summed E-state index contributed by atoms with van der Waals surface area (Å²) in [5.74, 6) is -6.49. The van der Waals surface area contributed by atoms with Crippen molar-refractivity contribution in [2.45, 2.75) is 31.0 Å². The molecule has 6 N–H and O–H groups in total. The summed E-state index contributed by atoms with van der Waals surface area (Å²) in [6.07, 6.45) is 0.348. The van der Waals surface area contributed by atoms with Crippen molar-refractivity contribution in [3.63, 3.8) is 0 Å². The van der Waals surface area contributed by atoms with E-state index < -0.39 is 58.0 Å². The molecule has 11 nitrogen and oxygen atoms in total. The maximum atomic E-state index is 13.9. The number of phenols is 1. The molecule has 198 valence electrons. The van der Waals surface area contributed by atoms with Crippen molar-refractivity contribution >= 4 is 23.2 Å². The van der Waals surface area contributed by atoms with Crippen LogP contribution < -0.4 is 5.73 Å². The topological polar surface area (TPSA) is 174 Å². The molecule has 11 heteroatoms. The zero-order valence-corrected chi connectivity index (χ0v) is 20.7.